The quantitative estimate of drug-likeness (QED) is 0.832. The molecule has 2 rings (SSSR count). The van der Waals surface area contributed by atoms with E-state index in [0.29, 0.717) is 19.6 Å². The third kappa shape index (κ3) is 2.15. The Morgan fingerprint density at radius 2 is 2.06 bits per heavy atom. The largest absolute Gasteiger partial charge is 0.481 e. The highest BCUT2D eigenvalue weighted by Gasteiger charge is 2.49. The Labute approximate surface area is 112 Å². The molecule has 98 valence electrons. The van der Waals surface area contributed by atoms with Crippen LogP contribution in [0.5, 0.6) is 0 Å². The van der Waals surface area contributed by atoms with E-state index in [9.17, 15) is 9.90 Å². The van der Waals surface area contributed by atoms with Crippen LogP contribution in [0.3, 0.4) is 0 Å². The topological polar surface area (TPSA) is 46.5 Å². The molecule has 1 fully saturated rings. The highest BCUT2D eigenvalue weighted by molar-refractivity contribution is 7.98. The van der Waals surface area contributed by atoms with E-state index >= 15 is 0 Å². The zero-order valence-corrected chi connectivity index (χ0v) is 11.5. The average molecular weight is 266 g/mol. The lowest BCUT2D eigenvalue weighted by atomic mass is 9.67. The Morgan fingerprint density at radius 1 is 1.44 bits per heavy atom. The summed E-state index contributed by atoms with van der Waals surface area (Å²) >= 11 is 1.69. The first kappa shape index (κ1) is 13.4. The maximum absolute atomic E-state index is 11.4. The van der Waals surface area contributed by atoms with Crippen molar-refractivity contribution in [3.05, 3.63) is 29.8 Å². The van der Waals surface area contributed by atoms with Gasteiger partial charge in [0.2, 0.25) is 0 Å². The lowest BCUT2D eigenvalue weighted by Crippen LogP contribution is -2.54. The Bertz CT molecular complexity index is 423. The van der Waals surface area contributed by atoms with Crippen molar-refractivity contribution in [2.75, 3.05) is 19.5 Å². The minimum atomic E-state index is -0.727. The maximum atomic E-state index is 11.4. The van der Waals surface area contributed by atoms with Crippen LogP contribution in [0.15, 0.2) is 29.2 Å². The monoisotopic (exact) mass is 266 g/mol. The summed E-state index contributed by atoms with van der Waals surface area (Å²) in [6.45, 7) is 2.95. The molecule has 1 aliphatic rings. The van der Waals surface area contributed by atoms with Crippen LogP contribution in [0.25, 0.3) is 0 Å². The van der Waals surface area contributed by atoms with Crippen molar-refractivity contribution in [2.45, 2.75) is 23.7 Å². The van der Waals surface area contributed by atoms with Gasteiger partial charge in [0.1, 0.15) is 0 Å². The van der Waals surface area contributed by atoms with Crippen LogP contribution in [0.2, 0.25) is 0 Å². The standard InChI is InChI=1S/C14H18O3S/c1-3-12(13(15)16)14(8-17-9-14)10-4-6-11(18-2)7-5-10/h4-7,12H,3,8-9H2,1-2H3,(H,15,16). The number of ether oxygens (including phenoxy) is 1. The fourth-order valence-corrected chi connectivity index (χ4v) is 3.02. The summed E-state index contributed by atoms with van der Waals surface area (Å²) in [4.78, 5) is 12.6. The molecular weight excluding hydrogens is 248 g/mol. The second-order valence-corrected chi connectivity index (χ2v) is 5.56. The van der Waals surface area contributed by atoms with Gasteiger partial charge in [-0.1, -0.05) is 19.1 Å². The third-order valence-electron chi connectivity index (χ3n) is 3.76. The van der Waals surface area contributed by atoms with Gasteiger partial charge in [-0.15, -0.1) is 11.8 Å². The Morgan fingerprint density at radius 3 is 2.39 bits per heavy atom. The van der Waals surface area contributed by atoms with E-state index in [2.05, 4.69) is 12.1 Å². The molecule has 1 atom stereocenters. The summed E-state index contributed by atoms with van der Waals surface area (Å²) in [6.07, 6.45) is 2.66. The molecule has 4 heteroatoms. The van der Waals surface area contributed by atoms with E-state index in [0.717, 1.165) is 5.56 Å². The third-order valence-corrected chi connectivity index (χ3v) is 4.50. The SMILES string of the molecule is CCC(C(=O)O)C1(c2ccc(SC)cc2)COC1. The number of aliphatic carboxylic acids is 1. The number of hydrogen-bond donors (Lipinski definition) is 1. The first-order chi connectivity index (χ1) is 8.64. The summed E-state index contributed by atoms with van der Waals surface area (Å²) in [6, 6.07) is 8.18. The molecule has 0 radical (unpaired) electrons. The maximum Gasteiger partial charge on any atom is 0.307 e. The minimum absolute atomic E-state index is 0.336. The van der Waals surface area contributed by atoms with Gasteiger partial charge in [-0.2, -0.15) is 0 Å². The molecule has 3 nitrogen and oxygen atoms in total. The molecule has 0 amide bonds. The van der Waals surface area contributed by atoms with Crippen molar-refractivity contribution in [1.82, 2.24) is 0 Å². The zero-order valence-electron chi connectivity index (χ0n) is 10.7. The molecule has 1 unspecified atom stereocenters. The van der Waals surface area contributed by atoms with E-state index < -0.39 is 5.97 Å². The van der Waals surface area contributed by atoms with Crippen molar-refractivity contribution in [1.29, 1.82) is 0 Å². The molecule has 1 saturated heterocycles. The van der Waals surface area contributed by atoms with Gasteiger partial charge in [0.05, 0.1) is 24.5 Å². The van der Waals surface area contributed by atoms with Gasteiger partial charge in [-0.05, 0) is 30.4 Å². The van der Waals surface area contributed by atoms with Gasteiger partial charge in [-0.3, -0.25) is 4.79 Å². The van der Waals surface area contributed by atoms with Crippen LogP contribution in [0.1, 0.15) is 18.9 Å². The first-order valence-corrected chi connectivity index (χ1v) is 7.31. The molecule has 0 saturated carbocycles. The van der Waals surface area contributed by atoms with Crippen LogP contribution in [0.4, 0.5) is 0 Å². The molecule has 18 heavy (non-hydrogen) atoms. The highest BCUT2D eigenvalue weighted by Crippen LogP contribution is 2.41. The molecule has 1 heterocycles. The fourth-order valence-electron chi connectivity index (χ4n) is 2.62. The van der Waals surface area contributed by atoms with Crippen molar-refractivity contribution in [3.8, 4) is 0 Å². The van der Waals surface area contributed by atoms with Crippen molar-refractivity contribution in [3.63, 3.8) is 0 Å². The summed E-state index contributed by atoms with van der Waals surface area (Å²) < 4.78 is 5.31. The summed E-state index contributed by atoms with van der Waals surface area (Å²) in [5, 5.41) is 9.38. The molecule has 0 aromatic heterocycles. The number of thioether (sulfide) groups is 1. The van der Waals surface area contributed by atoms with Crippen LogP contribution in [-0.2, 0) is 14.9 Å². The Hall–Kier alpha value is -1.00. The number of carboxylic acids is 1. The molecular formula is C14H18O3S. The van der Waals surface area contributed by atoms with Gasteiger partial charge in [0.25, 0.3) is 0 Å². The molecule has 1 aliphatic heterocycles. The first-order valence-electron chi connectivity index (χ1n) is 6.09. The van der Waals surface area contributed by atoms with Gasteiger partial charge >= 0.3 is 5.97 Å². The highest BCUT2D eigenvalue weighted by atomic mass is 32.2. The molecule has 0 bridgehead atoms. The van der Waals surface area contributed by atoms with Crippen LogP contribution in [0, 0.1) is 5.92 Å². The van der Waals surface area contributed by atoms with Crippen LogP contribution < -0.4 is 0 Å². The molecule has 1 N–H and O–H groups in total. The smallest absolute Gasteiger partial charge is 0.307 e. The number of carboxylic acid groups (broad SMARTS) is 1. The number of carbonyl (C=O) groups is 1. The lowest BCUT2D eigenvalue weighted by molar-refractivity contribution is -0.157. The van der Waals surface area contributed by atoms with Gasteiger partial charge < -0.3 is 9.84 Å². The zero-order chi connectivity index (χ0) is 13.2. The van der Waals surface area contributed by atoms with E-state index in [1.54, 1.807) is 11.8 Å². The number of hydrogen-bond acceptors (Lipinski definition) is 3. The van der Waals surface area contributed by atoms with Crippen molar-refractivity contribution >= 4 is 17.7 Å². The normalized spacial score (nSPS) is 19.0. The van der Waals surface area contributed by atoms with Crippen LogP contribution in [-0.4, -0.2) is 30.5 Å². The van der Waals surface area contributed by atoms with Gasteiger partial charge in [-0.25, -0.2) is 0 Å². The minimum Gasteiger partial charge on any atom is -0.481 e. The molecule has 0 aliphatic carbocycles. The van der Waals surface area contributed by atoms with E-state index in [1.165, 1.54) is 4.90 Å². The van der Waals surface area contributed by atoms with Gasteiger partial charge in [0.15, 0.2) is 0 Å². The second kappa shape index (κ2) is 5.33. The predicted octanol–water partition coefficient (Wildman–Crippen LogP) is 2.79. The molecule has 1 aromatic carbocycles. The van der Waals surface area contributed by atoms with Crippen molar-refractivity contribution < 1.29 is 14.6 Å². The Balaban J connectivity index is 2.33. The second-order valence-electron chi connectivity index (χ2n) is 4.68. The van der Waals surface area contributed by atoms with Crippen LogP contribution >= 0.6 is 11.8 Å². The summed E-state index contributed by atoms with van der Waals surface area (Å²) in [7, 11) is 0. The molecule has 0 spiro atoms. The van der Waals surface area contributed by atoms with E-state index in [1.807, 2.05) is 25.3 Å². The summed E-state index contributed by atoms with van der Waals surface area (Å²) in [5.41, 5.74) is 0.748. The van der Waals surface area contributed by atoms with Gasteiger partial charge in [0, 0.05) is 4.90 Å². The average Bonchev–Trinajstić information content (AvgIpc) is 2.33. The fraction of sp³-hybridized carbons (Fsp3) is 0.500. The predicted molar refractivity (Wildman–Crippen MR) is 72.1 cm³/mol. The summed E-state index contributed by atoms with van der Waals surface area (Å²) in [5.74, 6) is -1.10. The molecule has 1 aromatic rings. The van der Waals surface area contributed by atoms with Crippen molar-refractivity contribution in [2.24, 2.45) is 5.92 Å². The number of rotatable bonds is 5. The van der Waals surface area contributed by atoms with E-state index in [4.69, 9.17) is 4.74 Å². The lowest BCUT2D eigenvalue weighted by Gasteiger charge is -2.45. The number of benzene rings is 1. The van der Waals surface area contributed by atoms with E-state index in [-0.39, 0.29) is 11.3 Å². The Kier molecular flexibility index (Phi) is 3.97.